The number of nitrogens with zero attached hydrogens (tertiary/aromatic N) is 4. The van der Waals surface area contributed by atoms with Crippen LogP contribution in [0.3, 0.4) is 0 Å². The Hall–Kier alpha value is -2.21. The summed E-state index contributed by atoms with van der Waals surface area (Å²) in [5.41, 5.74) is 1.51. The minimum atomic E-state index is -0.0618. The van der Waals surface area contributed by atoms with Crippen LogP contribution in [-0.4, -0.2) is 40.8 Å². The molecule has 0 amide bonds. The molecule has 0 radical (unpaired) electrons. The van der Waals surface area contributed by atoms with Crippen molar-refractivity contribution in [1.82, 2.24) is 14.5 Å². The molecule has 0 aliphatic carbocycles. The van der Waals surface area contributed by atoms with Crippen LogP contribution in [0.15, 0.2) is 35.4 Å². The number of hydrogen-bond acceptors (Lipinski definition) is 5. The highest BCUT2D eigenvalue weighted by Gasteiger charge is 2.17. The van der Waals surface area contributed by atoms with Gasteiger partial charge in [0.1, 0.15) is 0 Å². The zero-order valence-corrected chi connectivity index (χ0v) is 11.3. The van der Waals surface area contributed by atoms with Gasteiger partial charge in [-0.15, -0.1) is 0 Å². The number of ether oxygens (including phenoxy) is 1. The van der Waals surface area contributed by atoms with Crippen molar-refractivity contribution in [2.24, 2.45) is 7.05 Å². The van der Waals surface area contributed by atoms with E-state index < -0.39 is 0 Å². The molecule has 0 saturated carbocycles. The van der Waals surface area contributed by atoms with Gasteiger partial charge in [-0.05, 0) is 12.1 Å². The van der Waals surface area contributed by atoms with Crippen molar-refractivity contribution in [3.05, 3.63) is 40.9 Å². The van der Waals surface area contributed by atoms with E-state index in [0.29, 0.717) is 24.9 Å². The van der Waals surface area contributed by atoms with Gasteiger partial charge in [0.05, 0.1) is 18.9 Å². The van der Waals surface area contributed by atoms with Gasteiger partial charge in [0.2, 0.25) is 5.95 Å². The molecule has 1 saturated heterocycles. The standard InChI is InChI=1S/C14H16N4O2/c1-17-13(19)10-12(11-2-4-15-5-3-11)16-14(17)18-6-8-20-9-7-18/h2-5,10H,6-9H2,1H3. The summed E-state index contributed by atoms with van der Waals surface area (Å²) in [6.07, 6.45) is 3.39. The summed E-state index contributed by atoms with van der Waals surface area (Å²) in [5.74, 6) is 0.688. The van der Waals surface area contributed by atoms with Crippen molar-refractivity contribution < 1.29 is 4.74 Å². The van der Waals surface area contributed by atoms with Crippen LogP contribution in [-0.2, 0) is 11.8 Å². The highest BCUT2D eigenvalue weighted by Crippen LogP contribution is 2.18. The molecule has 6 heteroatoms. The Balaban J connectivity index is 2.06. The highest BCUT2D eigenvalue weighted by molar-refractivity contribution is 5.59. The van der Waals surface area contributed by atoms with Crippen LogP contribution in [0.1, 0.15) is 0 Å². The van der Waals surface area contributed by atoms with Gasteiger partial charge in [-0.3, -0.25) is 14.3 Å². The first-order valence-electron chi connectivity index (χ1n) is 6.57. The Morgan fingerprint density at radius 2 is 1.90 bits per heavy atom. The van der Waals surface area contributed by atoms with Gasteiger partial charge < -0.3 is 9.64 Å². The van der Waals surface area contributed by atoms with E-state index in [1.54, 1.807) is 30.1 Å². The second kappa shape index (κ2) is 5.42. The fourth-order valence-corrected chi connectivity index (χ4v) is 2.24. The average molecular weight is 272 g/mol. The van der Waals surface area contributed by atoms with Gasteiger partial charge in [0, 0.05) is 44.2 Å². The van der Waals surface area contributed by atoms with Crippen molar-refractivity contribution in [3.8, 4) is 11.3 Å². The summed E-state index contributed by atoms with van der Waals surface area (Å²) in [6.45, 7) is 2.82. The molecule has 0 spiro atoms. The molecule has 104 valence electrons. The Morgan fingerprint density at radius 3 is 2.60 bits per heavy atom. The van der Waals surface area contributed by atoms with Gasteiger partial charge in [-0.2, -0.15) is 0 Å². The number of aromatic nitrogens is 3. The summed E-state index contributed by atoms with van der Waals surface area (Å²) in [6, 6.07) is 5.26. The van der Waals surface area contributed by atoms with E-state index in [2.05, 4.69) is 14.9 Å². The molecule has 0 aromatic carbocycles. The maximum absolute atomic E-state index is 12.1. The van der Waals surface area contributed by atoms with Gasteiger partial charge in [-0.1, -0.05) is 0 Å². The zero-order chi connectivity index (χ0) is 13.9. The molecular weight excluding hydrogens is 256 g/mol. The van der Waals surface area contributed by atoms with Crippen molar-refractivity contribution in [2.45, 2.75) is 0 Å². The van der Waals surface area contributed by atoms with Crippen LogP contribution in [0.4, 0.5) is 5.95 Å². The predicted molar refractivity (Wildman–Crippen MR) is 75.7 cm³/mol. The maximum Gasteiger partial charge on any atom is 0.255 e. The molecule has 0 atom stereocenters. The van der Waals surface area contributed by atoms with Gasteiger partial charge in [0.25, 0.3) is 5.56 Å². The molecule has 2 aromatic rings. The van der Waals surface area contributed by atoms with Crippen LogP contribution in [0.5, 0.6) is 0 Å². The van der Waals surface area contributed by atoms with Crippen molar-refractivity contribution in [2.75, 3.05) is 31.2 Å². The monoisotopic (exact) mass is 272 g/mol. The third-order valence-electron chi connectivity index (χ3n) is 3.38. The van der Waals surface area contributed by atoms with E-state index in [0.717, 1.165) is 18.7 Å². The van der Waals surface area contributed by atoms with Crippen LogP contribution < -0.4 is 10.5 Å². The largest absolute Gasteiger partial charge is 0.378 e. The topological polar surface area (TPSA) is 60.2 Å². The lowest BCUT2D eigenvalue weighted by Crippen LogP contribution is -2.40. The minimum absolute atomic E-state index is 0.0618. The lowest BCUT2D eigenvalue weighted by Gasteiger charge is -2.29. The van der Waals surface area contributed by atoms with E-state index in [1.165, 1.54) is 0 Å². The quantitative estimate of drug-likeness (QED) is 0.804. The van der Waals surface area contributed by atoms with Crippen molar-refractivity contribution in [1.29, 1.82) is 0 Å². The van der Waals surface area contributed by atoms with Crippen LogP contribution in [0.25, 0.3) is 11.3 Å². The van der Waals surface area contributed by atoms with Crippen molar-refractivity contribution >= 4 is 5.95 Å². The molecule has 0 N–H and O–H groups in total. The minimum Gasteiger partial charge on any atom is -0.378 e. The smallest absolute Gasteiger partial charge is 0.255 e. The molecule has 3 rings (SSSR count). The second-order valence-electron chi connectivity index (χ2n) is 4.67. The number of rotatable bonds is 2. The molecule has 20 heavy (non-hydrogen) atoms. The molecule has 1 aliphatic rings. The third kappa shape index (κ3) is 2.42. The molecule has 0 bridgehead atoms. The number of anilines is 1. The van der Waals surface area contributed by atoms with Crippen molar-refractivity contribution in [3.63, 3.8) is 0 Å². The first-order valence-corrected chi connectivity index (χ1v) is 6.57. The van der Waals surface area contributed by atoms with Crippen LogP contribution in [0.2, 0.25) is 0 Å². The first kappa shape index (κ1) is 12.8. The van der Waals surface area contributed by atoms with E-state index in [4.69, 9.17) is 4.74 Å². The molecule has 3 heterocycles. The second-order valence-corrected chi connectivity index (χ2v) is 4.67. The number of morpholine rings is 1. The summed E-state index contributed by atoms with van der Waals surface area (Å²) in [4.78, 5) is 22.8. The van der Waals surface area contributed by atoms with Crippen LogP contribution in [0, 0.1) is 0 Å². The summed E-state index contributed by atoms with van der Waals surface area (Å²) in [7, 11) is 1.75. The molecule has 1 fully saturated rings. The van der Waals surface area contributed by atoms with E-state index in [1.807, 2.05) is 12.1 Å². The van der Waals surface area contributed by atoms with E-state index >= 15 is 0 Å². The molecule has 2 aromatic heterocycles. The Morgan fingerprint density at radius 1 is 1.20 bits per heavy atom. The third-order valence-corrected chi connectivity index (χ3v) is 3.38. The van der Waals surface area contributed by atoms with Gasteiger partial charge >= 0.3 is 0 Å². The molecular formula is C14H16N4O2. The average Bonchev–Trinajstić information content (AvgIpc) is 2.51. The van der Waals surface area contributed by atoms with E-state index in [-0.39, 0.29) is 5.56 Å². The Bertz CT molecular complexity index is 648. The van der Waals surface area contributed by atoms with E-state index in [9.17, 15) is 4.79 Å². The lowest BCUT2D eigenvalue weighted by molar-refractivity contribution is 0.121. The summed E-state index contributed by atoms with van der Waals surface area (Å²) in [5, 5.41) is 0. The van der Waals surface area contributed by atoms with Crippen LogP contribution >= 0.6 is 0 Å². The number of hydrogen-bond donors (Lipinski definition) is 0. The molecule has 0 unspecified atom stereocenters. The zero-order valence-electron chi connectivity index (χ0n) is 11.3. The SMILES string of the molecule is Cn1c(N2CCOCC2)nc(-c2ccncc2)cc1=O. The Labute approximate surface area is 116 Å². The van der Waals surface area contributed by atoms with Gasteiger partial charge in [0.15, 0.2) is 0 Å². The number of pyridine rings is 1. The normalized spacial score (nSPS) is 15.3. The molecule has 1 aliphatic heterocycles. The highest BCUT2D eigenvalue weighted by atomic mass is 16.5. The lowest BCUT2D eigenvalue weighted by atomic mass is 10.2. The Kier molecular flexibility index (Phi) is 3.47. The predicted octanol–water partition coefficient (Wildman–Crippen LogP) is 0.679. The molecule has 6 nitrogen and oxygen atoms in total. The fraction of sp³-hybridized carbons (Fsp3) is 0.357. The maximum atomic E-state index is 12.1. The van der Waals surface area contributed by atoms with Gasteiger partial charge in [-0.25, -0.2) is 4.98 Å². The first-order chi connectivity index (χ1) is 9.75. The summed E-state index contributed by atoms with van der Waals surface area (Å²) >= 11 is 0. The fourth-order valence-electron chi connectivity index (χ4n) is 2.24. The summed E-state index contributed by atoms with van der Waals surface area (Å²) < 4.78 is 6.92.